The Morgan fingerprint density at radius 3 is 2.65 bits per heavy atom. The zero-order valence-electron chi connectivity index (χ0n) is 11.5. The third kappa shape index (κ3) is 4.70. The predicted molar refractivity (Wildman–Crippen MR) is 82.1 cm³/mol. The summed E-state index contributed by atoms with van der Waals surface area (Å²) < 4.78 is 0. The highest BCUT2D eigenvalue weighted by Crippen LogP contribution is 2.12. The molecular weight excluding hydrogens is 270 g/mol. The Kier molecular flexibility index (Phi) is 5.18. The van der Waals surface area contributed by atoms with Gasteiger partial charge in [0.05, 0.1) is 0 Å². The van der Waals surface area contributed by atoms with Crippen molar-refractivity contribution in [3.63, 3.8) is 0 Å². The number of phenols is 1. The number of carbonyl (C=O) groups is 1. The average molecular weight is 289 g/mol. The summed E-state index contributed by atoms with van der Waals surface area (Å²) >= 11 is 1.66. The van der Waals surface area contributed by atoms with Gasteiger partial charge in [-0.15, -0.1) is 0 Å². The molecule has 4 heteroatoms. The van der Waals surface area contributed by atoms with Gasteiger partial charge in [0.2, 0.25) is 5.91 Å². The molecule has 0 unspecified atom stereocenters. The molecule has 0 bridgehead atoms. The Hall–Kier alpha value is -1.81. The molecule has 1 aromatic carbocycles. The molecule has 1 atom stereocenters. The lowest BCUT2D eigenvalue weighted by Crippen LogP contribution is -2.34. The summed E-state index contributed by atoms with van der Waals surface area (Å²) in [6.07, 6.45) is 2.09. The number of aryl methyl sites for hydroxylation is 1. The molecule has 0 saturated heterocycles. The Morgan fingerprint density at radius 1 is 1.25 bits per heavy atom. The largest absolute Gasteiger partial charge is 0.508 e. The van der Waals surface area contributed by atoms with Crippen LogP contribution in [0.2, 0.25) is 0 Å². The van der Waals surface area contributed by atoms with Crippen LogP contribution in [0, 0.1) is 0 Å². The second kappa shape index (κ2) is 7.10. The number of amides is 1. The minimum Gasteiger partial charge on any atom is -0.508 e. The van der Waals surface area contributed by atoms with Crippen LogP contribution in [0.3, 0.4) is 0 Å². The molecule has 1 aromatic heterocycles. The monoisotopic (exact) mass is 289 g/mol. The number of phenolic OH excluding ortho intramolecular Hbond substituents is 1. The molecule has 0 fully saturated rings. The van der Waals surface area contributed by atoms with Gasteiger partial charge in [0, 0.05) is 12.5 Å². The molecular formula is C16H19NO2S. The van der Waals surface area contributed by atoms with E-state index in [0.717, 1.165) is 18.4 Å². The van der Waals surface area contributed by atoms with Crippen molar-refractivity contribution < 1.29 is 9.90 Å². The van der Waals surface area contributed by atoms with E-state index in [2.05, 4.69) is 16.8 Å². The minimum atomic E-state index is 0.0856. The van der Waals surface area contributed by atoms with Crippen molar-refractivity contribution in [2.24, 2.45) is 0 Å². The van der Waals surface area contributed by atoms with Gasteiger partial charge in [0.15, 0.2) is 0 Å². The van der Waals surface area contributed by atoms with Crippen LogP contribution in [0.1, 0.15) is 24.5 Å². The number of aromatic hydroxyl groups is 1. The van der Waals surface area contributed by atoms with Crippen molar-refractivity contribution in [3.05, 3.63) is 52.2 Å². The van der Waals surface area contributed by atoms with Crippen molar-refractivity contribution in [2.75, 3.05) is 0 Å². The van der Waals surface area contributed by atoms with Crippen LogP contribution < -0.4 is 5.32 Å². The van der Waals surface area contributed by atoms with E-state index >= 15 is 0 Å². The first-order valence-corrected chi connectivity index (χ1v) is 7.66. The fourth-order valence-electron chi connectivity index (χ4n) is 2.08. The van der Waals surface area contributed by atoms with Crippen LogP contribution in [0.5, 0.6) is 5.75 Å². The fourth-order valence-corrected chi connectivity index (χ4v) is 2.78. The van der Waals surface area contributed by atoms with Gasteiger partial charge in [-0.2, -0.15) is 11.3 Å². The zero-order chi connectivity index (χ0) is 14.4. The molecule has 1 heterocycles. The molecule has 0 spiro atoms. The van der Waals surface area contributed by atoms with Gasteiger partial charge in [0.1, 0.15) is 5.75 Å². The lowest BCUT2D eigenvalue weighted by atomic mass is 10.1. The summed E-state index contributed by atoms with van der Waals surface area (Å²) in [5, 5.41) is 16.3. The van der Waals surface area contributed by atoms with E-state index in [1.807, 2.05) is 24.4 Å². The number of carbonyl (C=O) groups excluding carboxylic acids is 1. The fraction of sp³-hybridized carbons (Fsp3) is 0.312. The SMILES string of the molecule is C[C@@H](Cc1ccc(O)cc1)NC(=O)CCc1ccsc1. The first-order valence-electron chi connectivity index (χ1n) is 6.72. The van der Waals surface area contributed by atoms with E-state index in [0.29, 0.717) is 6.42 Å². The van der Waals surface area contributed by atoms with Crippen LogP contribution in [-0.4, -0.2) is 17.1 Å². The summed E-state index contributed by atoms with van der Waals surface area (Å²) in [5.41, 5.74) is 2.32. The van der Waals surface area contributed by atoms with Crippen LogP contribution in [-0.2, 0) is 17.6 Å². The Bertz CT molecular complexity index is 534. The predicted octanol–water partition coefficient (Wildman–Crippen LogP) is 3.13. The van der Waals surface area contributed by atoms with E-state index in [1.165, 1.54) is 5.56 Å². The maximum absolute atomic E-state index is 11.8. The third-order valence-electron chi connectivity index (χ3n) is 3.11. The number of rotatable bonds is 6. The molecule has 0 aliphatic carbocycles. The van der Waals surface area contributed by atoms with Gasteiger partial charge < -0.3 is 10.4 Å². The van der Waals surface area contributed by atoms with Gasteiger partial charge in [-0.3, -0.25) is 4.79 Å². The quantitative estimate of drug-likeness (QED) is 0.858. The lowest BCUT2D eigenvalue weighted by Gasteiger charge is -2.14. The summed E-state index contributed by atoms with van der Waals surface area (Å²) in [6, 6.07) is 9.24. The molecule has 2 N–H and O–H groups in total. The molecule has 0 radical (unpaired) electrons. The number of benzene rings is 1. The molecule has 2 rings (SSSR count). The topological polar surface area (TPSA) is 49.3 Å². The highest BCUT2D eigenvalue weighted by molar-refractivity contribution is 7.07. The van der Waals surface area contributed by atoms with Gasteiger partial charge in [-0.25, -0.2) is 0 Å². The summed E-state index contributed by atoms with van der Waals surface area (Å²) in [5.74, 6) is 0.351. The van der Waals surface area contributed by atoms with Crippen LogP contribution >= 0.6 is 11.3 Å². The van der Waals surface area contributed by atoms with Crippen molar-refractivity contribution in [1.82, 2.24) is 5.32 Å². The van der Waals surface area contributed by atoms with Crippen molar-refractivity contribution in [1.29, 1.82) is 0 Å². The van der Waals surface area contributed by atoms with Crippen LogP contribution in [0.15, 0.2) is 41.1 Å². The molecule has 1 amide bonds. The smallest absolute Gasteiger partial charge is 0.220 e. The maximum Gasteiger partial charge on any atom is 0.220 e. The molecule has 2 aromatic rings. The van der Waals surface area contributed by atoms with E-state index in [1.54, 1.807) is 23.5 Å². The van der Waals surface area contributed by atoms with Gasteiger partial charge in [-0.1, -0.05) is 12.1 Å². The zero-order valence-corrected chi connectivity index (χ0v) is 12.3. The van der Waals surface area contributed by atoms with Crippen molar-refractivity contribution in [3.8, 4) is 5.75 Å². The van der Waals surface area contributed by atoms with Gasteiger partial charge >= 0.3 is 0 Å². The Morgan fingerprint density at radius 2 is 2.00 bits per heavy atom. The molecule has 20 heavy (non-hydrogen) atoms. The standard InChI is InChI=1S/C16H19NO2S/c1-12(10-13-2-5-15(18)6-3-13)17-16(19)7-4-14-8-9-20-11-14/h2-3,5-6,8-9,11-12,18H,4,7,10H2,1H3,(H,17,19)/t12-/m0/s1. The molecule has 3 nitrogen and oxygen atoms in total. The average Bonchev–Trinajstić information content (AvgIpc) is 2.92. The summed E-state index contributed by atoms with van der Waals surface area (Å²) in [6.45, 7) is 2.00. The summed E-state index contributed by atoms with van der Waals surface area (Å²) in [4.78, 5) is 11.8. The number of thiophene rings is 1. The number of hydrogen-bond acceptors (Lipinski definition) is 3. The van der Waals surface area contributed by atoms with Crippen molar-refractivity contribution in [2.45, 2.75) is 32.2 Å². The second-order valence-corrected chi connectivity index (χ2v) is 5.75. The lowest BCUT2D eigenvalue weighted by molar-refractivity contribution is -0.121. The highest BCUT2D eigenvalue weighted by Gasteiger charge is 2.08. The van der Waals surface area contributed by atoms with Crippen molar-refractivity contribution >= 4 is 17.2 Å². The van der Waals surface area contributed by atoms with E-state index < -0.39 is 0 Å². The van der Waals surface area contributed by atoms with E-state index in [4.69, 9.17) is 0 Å². The maximum atomic E-state index is 11.8. The minimum absolute atomic E-state index is 0.0856. The first kappa shape index (κ1) is 14.6. The normalized spacial score (nSPS) is 12.1. The summed E-state index contributed by atoms with van der Waals surface area (Å²) in [7, 11) is 0. The molecule has 0 aliphatic rings. The number of nitrogens with one attached hydrogen (secondary N) is 1. The molecule has 0 aliphatic heterocycles. The van der Waals surface area contributed by atoms with E-state index in [9.17, 15) is 9.90 Å². The Balaban J connectivity index is 1.74. The van der Waals surface area contributed by atoms with Gasteiger partial charge in [0.25, 0.3) is 0 Å². The Labute approximate surface area is 123 Å². The highest BCUT2D eigenvalue weighted by atomic mass is 32.1. The van der Waals surface area contributed by atoms with Crippen LogP contribution in [0.25, 0.3) is 0 Å². The molecule has 106 valence electrons. The van der Waals surface area contributed by atoms with Gasteiger partial charge in [-0.05, 0) is 59.9 Å². The molecule has 0 saturated carbocycles. The number of hydrogen-bond donors (Lipinski definition) is 2. The third-order valence-corrected chi connectivity index (χ3v) is 3.84. The first-order chi connectivity index (χ1) is 9.63. The van der Waals surface area contributed by atoms with Crippen LogP contribution in [0.4, 0.5) is 0 Å². The van der Waals surface area contributed by atoms with E-state index in [-0.39, 0.29) is 17.7 Å². The second-order valence-electron chi connectivity index (χ2n) is 4.97.